The van der Waals surface area contributed by atoms with Crippen molar-refractivity contribution < 1.29 is 0 Å². The molecule has 2 heteroatoms. The molecule has 0 saturated carbocycles. The number of thiophene rings is 1. The first kappa shape index (κ1) is 12.3. The molecule has 17 heavy (non-hydrogen) atoms. The van der Waals surface area contributed by atoms with Gasteiger partial charge in [0.15, 0.2) is 0 Å². The molecule has 0 bridgehead atoms. The van der Waals surface area contributed by atoms with E-state index in [4.69, 9.17) is 5.73 Å². The highest BCUT2D eigenvalue weighted by molar-refractivity contribution is 7.12. The molecule has 2 aromatic rings. The summed E-state index contributed by atoms with van der Waals surface area (Å²) in [5.41, 5.74) is 11.6. The van der Waals surface area contributed by atoms with E-state index in [1.165, 1.54) is 32.0 Å². The van der Waals surface area contributed by atoms with Crippen LogP contribution >= 0.6 is 11.3 Å². The van der Waals surface area contributed by atoms with E-state index >= 15 is 0 Å². The van der Waals surface area contributed by atoms with Gasteiger partial charge >= 0.3 is 0 Å². The Hall–Kier alpha value is -1.12. The van der Waals surface area contributed by atoms with Crippen molar-refractivity contribution in [1.82, 2.24) is 0 Å². The molecule has 1 aromatic carbocycles. The van der Waals surface area contributed by atoms with Crippen LogP contribution in [0.2, 0.25) is 0 Å². The van der Waals surface area contributed by atoms with E-state index in [9.17, 15) is 0 Å². The molecule has 0 amide bonds. The molecule has 0 aliphatic rings. The minimum absolute atomic E-state index is 0.00796. The summed E-state index contributed by atoms with van der Waals surface area (Å²) >= 11 is 1.81. The largest absolute Gasteiger partial charge is 0.320 e. The van der Waals surface area contributed by atoms with Crippen LogP contribution in [0.4, 0.5) is 0 Å². The van der Waals surface area contributed by atoms with Gasteiger partial charge in [-0.3, -0.25) is 0 Å². The maximum Gasteiger partial charge on any atom is 0.0651 e. The van der Waals surface area contributed by atoms with Crippen molar-refractivity contribution >= 4 is 11.3 Å². The van der Waals surface area contributed by atoms with Gasteiger partial charge in [-0.2, -0.15) is 0 Å². The van der Waals surface area contributed by atoms with Crippen molar-refractivity contribution in [3.8, 4) is 0 Å². The Morgan fingerprint density at radius 3 is 2.35 bits per heavy atom. The molecule has 0 saturated heterocycles. The minimum atomic E-state index is 0.00796. The van der Waals surface area contributed by atoms with E-state index in [0.29, 0.717) is 0 Å². The molecule has 0 aliphatic carbocycles. The van der Waals surface area contributed by atoms with E-state index in [2.05, 4.69) is 52.0 Å². The zero-order valence-electron chi connectivity index (χ0n) is 10.9. The number of benzene rings is 1. The molecule has 1 nitrogen and oxygen atoms in total. The Labute approximate surface area is 107 Å². The SMILES string of the molecule is Cc1cc(C)c(C(N)c2cccc(C)c2C)s1. The van der Waals surface area contributed by atoms with Crippen LogP contribution in [0.25, 0.3) is 0 Å². The highest BCUT2D eigenvalue weighted by atomic mass is 32.1. The molecule has 2 rings (SSSR count). The maximum absolute atomic E-state index is 6.41. The highest BCUT2D eigenvalue weighted by Crippen LogP contribution is 2.32. The van der Waals surface area contributed by atoms with E-state index in [1.54, 1.807) is 11.3 Å². The maximum atomic E-state index is 6.41. The van der Waals surface area contributed by atoms with Crippen LogP contribution in [0.1, 0.15) is 38.0 Å². The molecule has 0 radical (unpaired) electrons. The third kappa shape index (κ3) is 2.28. The lowest BCUT2D eigenvalue weighted by Crippen LogP contribution is -2.13. The lowest BCUT2D eigenvalue weighted by Gasteiger charge is -2.16. The fraction of sp³-hybridized carbons (Fsp3) is 0.333. The van der Waals surface area contributed by atoms with Crippen LogP contribution in [-0.4, -0.2) is 0 Å². The molecule has 1 aromatic heterocycles. The third-order valence-corrected chi connectivity index (χ3v) is 4.58. The third-order valence-electron chi connectivity index (χ3n) is 3.34. The van der Waals surface area contributed by atoms with Gasteiger partial charge < -0.3 is 5.73 Å². The molecule has 1 atom stereocenters. The highest BCUT2D eigenvalue weighted by Gasteiger charge is 2.16. The summed E-state index contributed by atoms with van der Waals surface area (Å²) in [6.07, 6.45) is 0. The van der Waals surface area contributed by atoms with E-state index in [0.717, 1.165) is 0 Å². The van der Waals surface area contributed by atoms with Crippen molar-refractivity contribution in [1.29, 1.82) is 0 Å². The first-order chi connectivity index (χ1) is 8.00. The zero-order valence-corrected chi connectivity index (χ0v) is 11.7. The van der Waals surface area contributed by atoms with Crippen molar-refractivity contribution in [2.45, 2.75) is 33.7 Å². The van der Waals surface area contributed by atoms with Crippen molar-refractivity contribution in [3.05, 3.63) is 56.3 Å². The number of rotatable bonds is 2. The standard InChI is InChI=1S/C15H19NS/c1-9-6-5-7-13(12(9)4)14(16)15-10(2)8-11(3)17-15/h5-8,14H,16H2,1-4H3. The number of hydrogen-bond donors (Lipinski definition) is 1. The van der Waals surface area contributed by atoms with Crippen molar-refractivity contribution in [3.63, 3.8) is 0 Å². The minimum Gasteiger partial charge on any atom is -0.320 e. The van der Waals surface area contributed by atoms with E-state index in [1.807, 2.05) is 0 Å². The molecule has 1 heterocycles. The molecule has 0 spiro atoms. The van der Waals surface area contributed by atoms with Crippen LogP contribution in [0.15, 0.2) is 24.3 Å². The molecule has 0 fully saturated rings. The number of aryl methyl sites for hydroxylation is 3. The molecule has 2 N–H and O–H groups in total. The summed E-state index contributed by atoms with van der Waals surface area (Å²) in [5, 5.41) is 0. The first-order valence-electron chi connectivity index (χ1n) is 5.89. The zero-order chi connectivity index (χ0) is 12.6. The molecular weight excluding hydrogens is 226 g/mol. The molecule has 90 valence electrons. The van der Waals surface area contributed by atoms with Crippen LogP contribution in [0, 0.1) is 27.7 Å². The van der Waals surface area contributed by atoms with Gasteiger partial charge in [-0.25, -0.2) is 0 Å². The Balaban J connectivity index is 2.47. The predicted molar refractivity (Wildman–Crippen MR) is 75.7 cm³/mol. The van der Waals surface area contributed by atoms with Crippen LogP contribution in [0.3, 0.4) is 0 Å². The van der Waals surface area contributed by atoms with Crippen molar-refractivity contribution in [2.75, 3.05) is 0 Å². The van der Waals surface area contributed by atoms with Gasteiger partial charge in [0.25, 0.3) is 0 Å². The summed E-state index contributed by atoms with van der Waals surface area (Å²) in [7, 11) is 0. The van der Waals surface area contributed by atoms with Gasteiger partial charge in [0.2, 0.25) is 0 Å². The quantitative estimate of drug-likeness (QED) is 0.849. The fourth-order valence-electron chi connectivity index (χ4n) is 2.22. The fourth-order valence-corrected chi connectivity index (χ4v) is 3.28. The normalized spacial score (nSPS) is 12.8. The summed E-state index contributed by atoms with van der Waals surface area (Å²) in [4.78, 5) is 2.62. The summed E-state index contributed by atoms with van der Waals surface area (Å²) in [5.74, 6) is 0. The van der Waals surface area contributed by atoms with E-state index < -0.39 is 0 Å². The van der Waals surface area contributed by atoms with Gasteiger partial charge in [0, 0.05) is 9.75 Å². The Kier molecular flexibility index (Phi) is 3.36. The number of hydrogen-bond acceptors (Lipinski definition) is 2. The van der Waals surface area contributed by atoms with Crippen LogP contribution in [-0.2, 0) is 0 Å². The average molecular weight is 245 g/mol. The Bertz CT molecular complexity index is 540. The van der Waals surface area contributed by atoms with Gasteiger partial charge in [-0.15, -0.1) is 11.3 Å². The lowest BCUT2D eigenvalue weighted by molar-refractivity contribution is 0.872. The van der Waals surface area contributed by atoms with Crippen LogP contribution in [0.5, 0.6) is 0 Å². The lowest BCUT2D eigenvalue weighted by atomic mass is 9.96. The average Bonchev–Trinajstić information content (AvgIpc) is 2.61. The predicted octanol–water partition coefficient (Wildman–Crippen LogP) is 4.03. The van der Waals surface area contributed by atoms with Crippen molar-refractivity contribution in [2.24, 2.45) is 5.73 Å². The summed E-state index contributed by atoms with van der Waals surface area (Å²) in [6.45, 7) is 8.57. The smallest absolute Gasteiger partial charge is 0.0651 e. The van der Waals surface area contributed by atoms with Gasteiger partial charge in [-0.1, -0.05) is 18.2 Å². The van der Waals surface area contributed by atoms with Crippen LogP contribution < -0.4 is 5.73 Å². The Morgan fingerprint density at radius 1 is 1.06 bits per heavy atom. The second-order valence-electron chi connectivity index (χ2n) is 4.67. The molecule has 0 aliphatic heterocycles. The molecular formula is C15H19NS. The second kappa shape index (κ2) is 4.63. The number of nitrogens with two attached hydrogens (primary N) is 1. The van der Waals surface area contributed by atoms with Gasteiger partial charge in [0.05, 0.1) is 6.04 Å². The van der Waals surface area contributed by atoms with E-state index in [-0.39, 0.29) is 6.04 Å². The summed E-state index contributed by atoms with van der Waals surface area (Å²) in [6, 6.07) is 8.59. The monoisotopic (exact) mass is 245 g/mol. The molecule has 1 unspecified atom stereocenters. The second-order valence-corrected chi connectivity index (χ2v) is 5.96. The Morgan fingerprint density at radius 2 is 1.76 bits per heavy atom. The first-order valence-corrected chi connectivity index (χ1v) is 6.71. The topological polar surface area (TPSA) is 26.0 Å². The van der Waals surface area contributed by atoms with Gasteiger partial charge in [0.1, 0.15) is 0 Å². The van der Waals surface area contributed by atoms with Gasteiger partial charge in [-0.05, 0) is 56.0 Å². The summed E-state index contributed by atoms with van der Waals surface area (Å²) < 4.78 is 0.